The van der Waals surface area contributed by atoms with Gasteiger partial charge in [-0.3, -0.25) is 4.99 Å². The second-order valence-electron chi connectivity index (χ2n) is 5.57. The van der Waals surface area contributed by atoms with Crippen molar-refractivity contribution < 1.29 is 8.42 Å². The van der Waals surface area contributed by atoms with E-state index in [9.17, 15) is 8.42 Å². The molecule has 1 atom stereocenters. The molecule has 0 spiro atoms. The Balaban J connectivity index is 2.67. The van der Waals surface area contributed by atoms with Gasteiger partial charge in [0.2, 0.25) is 0 Å². The number of nitrogens with one attached hydrogen (secondary N) is 1. The van der Waals surface area contributed by atoms with Crippen molar-refractivity contribution in [2.24, 2.45) is 10.9 Å². The number of hydrogen-bond donors (Lipinski definition) is 1. The Labute approximate surface area is 133 Å². The smallest absolute Gasteiger partial charge is 0.194 e. The van der Waals surface area contributed by atoms with Crippen LogP contribution in [0.4, 0.5) is 0 Å². The van der Waals surface area contributed by atoms with E-state index in [-0.39, 0.29) is 11.5 Å². The molecule has 1 rings (SSSR count). The Bertz CT molecular complexity index is 436. The van der Waals surface area contributed by atoms with Crippen LogP contribution in [0.15, 0.2) is 4.99 Å². The summed E-state index contributed by atoms with van der Waals surface area (Å²) in [6, 6.07) is 0. The summed E-state index contributed by atoms with van der Waals surface area (Å²) in [4.78, 5) is 6.77. The minimum Gasteiger partial charge on any atom is -0.357 e. The number of nitrogens with zero attached hydrogens (tertiary/aromatic N) is 2. The molecule has 0 aromatic heterocycles. The summed E-state index contributed by atoms with van der Waals surface area (Å²) >= 11 is 2.02. The molecule has 0 aromatic rings. The number of rotatable bonds is 6. The third-order valence-electron chi connectivity index (χ3n) is 3.58. The van der Waals surface area contributed by atoms with Crippen molar-refractivity contribution in [3.63, 3.8) is 0 Å². The maximum atomic E-state index is 11.5. The highest BCUT2D eigenvalue weighted by atomic mass is 32.2. The van der Waals surface area contributed by atoms with Crippen LogP contribution >= 0.6 is 11.8 Å². The predicted octanol–water partition coefficient (Wildman–Crippen LogP) is 1.46. The van der Waals surface area contributed by atoms with Crippen molar-refractivity contribution in [2.45, 2.75) is 32.9 Å². The summed E-state index contributed by atoms with van der Waals surface area (Å²) in [5.74, 6) is 2.92. The van der Waals surface area contributed by atoms with Gasteiger partial charge in [0.25, 0.3) is 0 Å². The molecular formula is C14H29N3O2S2. The lowest BCUT2D eigenvalue weighted by atomic mass is 10.1. The summed E-state index contributed by atoms with van der Waals surface area (Å²) in [6.07, 6.45) is 0. The lowest BCUT2D eigenvalue weighted by Gasteiger charge is -2.36. The van der Waals surface area contributed by atoms with Crippen LogP contribution in [0.5, 0.6) is 0 Å². The maximum Gasteiger partial charge on any atom is 0.194 e. The van der Waals surface area contributed by atoms with Crippen molar-refractivity contribution >= 4 is 27.6 Å². The number of aliphatic imine (C=N–C) groups is 1. The van der Waals surface area contributed by atoms with E-state index >= 15 is 0 Å². The molecule has 1 heterocycles. The van der Waals surface area contributed by atoms with Gasteiger partial charge in [-0.1, -0.05) is 20.8 Å². The van der Waals surface area contributed by atoms with Crippen molar-refractivity contribution in [1.82, 2.24) is 10.2 Å². The Kier molecular flexibility index (Phi) is 7.87. The molecule has 1 N–H and O–H groups in total. The van der Waals surface area contributed by atoms with Gasteiger partial charge in [0, 0.05) is 36.4 Å². The minimum atomic E-state index is -2.94. The second kappa shape index (κ2) is 8.88. The van der Waals surface area contributed by atoms with Crippen molar-refractivity contribution in [2.75, 3.05) is 43.4 Å². The molecule has 5 nitrogen and oxygen atoms in total. The lowest BCUT2D eigenvalue weighted by molar-refractivity contribution is 0.381. The van der Waals surface area contributed by atoms with E-state index in [0.29, 0.717) is 17.7 Å². The molecule has 1 aliphatic heterocycles. The molecule has 0 radical (unpaired) electrons. The summed E-state index contributed by atoms with van der Waals surface area (Å²) in [6.45, 7) is 11.3. The molecule has 7 heteroatoms. The van der Waals surface area contributed by atoms with Gasteiger partial charge in [-0.05, 0) is 12.8 Å². The molecule has 21 heavy (non-hydrogen) atoms. The summed E-state index contributed by atoms with van der Waals surface area (Å²) in [5, 5.41) is 3.90. The lowest BCUT2D eigenvalue weighted by Crippen LogP contribution is -2.49. The quantitative estimate of drug-likeness (QED) is 0.588. The molecule has 1 saturated heterocycles. The fourth-order valence-corrected chi connectivity index (χ4v) is 4.09. The molecule has 0 amide bonds. The zero-order valence-electron chi connectivity index (χ0n) is 13.6. The second-order valence-corrected chi connectivity index (χ2v) is 9.39. The fraction of sp³-hybridized carbons (Fsp3) is 0.929. The summed E-state index contributed by atoms with van der Waals surface area (Å²) in [7, 11) is -2.94. The first-order valence-corrected chi connectivity index (χ1v) is 10.6. The van der Waals surface area contributed by atoms with Crippen molar-refractivity contribution in [1.29, 1.82) is 0 Å². The van der Waals surface area contributed by atoms with Crippen LogP contribution in [0.25, 0.3) is 0 Å². The molecule has 0 aliphatic carbocycles. The van der Waals surface area contributed by atoms with E-state index in [4.69, 9.17) is 0 Å². The molecule has 124 valence electrons. The average Bonchev–Trinajstić information content (AvgIpc) is 2.46. The SMILES string of the molecule is CCNC(=NCCS(=O)(=O)CC)N1CCSC(C(C)C)C1. The summed E-state index contributed by atoms with van der Waals surface area (Å²) < 4.78 is 23.1. The predicted molar refractivity (Wildman–Crippen MR) is 93.0 cm³/mol. The standard InChI is InChI=1S/C14H29N3O2S2/c1-5-15-14(16-7-10-21(18,19)6-2)17-8-9-20-13(11-17)12(3)4/h12-13H,5-11H2,1-4H3,(H,15,16). The van der Waals surface area contributed by atoms with E-state index in [2.05, 4.69) is 29.1 Å². The van der Waals surface area contributed by atoms with Gasteiger partial charge >= 0.3 is 0 Å². The van der Waals surface area contributed by atoms with Crippen LogP contribution in [-0.4, -0.2) is 68.0 Å². The maximum absolute atomic E-state index is 11.5. The van der Waals surface area contributed by atoms with Crippen molar-refractivity contribution in [3.8, 4) is 0 Å². The van der Waals surface area contributed by atoms with E-state index in [1.54, 1.807) is 6.92 Å². The van der Waals surface area contributed by atoms with Gasteiger partial charge in [0.05, 0.1) is 12.3 Å². The Morgan fingerprint density at radius 2 is 2.14 bits per heavy atom. The first-order chi connectivity index (χ1) is 9.89. The molecule has 0 aromatic carbocycles. The highest BCUT2D eigenvalue weighted by molar-refractivity contribution is 8.00. The monoisotopic (exact) mass is 335 g/mol. The van der Waals surface area contributed by atoms with Gasteiger partial charge in [-0.15, -0.1) is 0 Å². The third-order valence-corrected chi connectivity index (χ3v) is 6.80. The van der Waals surface area contributed by atoms with E-state index < -0.39 is 9.84 Å². The number of thioether (sulfide) groups is 1. The van der Waals surface area contributed by atoms with E-state index in [1.165, 1.54) is 0 Å². The zero-order valence-corrected chi connectivity index (χ0v) is 15.3. The third kappa shape index (κ3) is 6.46. The molecule has 1 fully saturated rings. The highest BCUT2D eigenvalue weighted by Gasteiger charge is 2.24. The number of sulfone groups is 1. The first-order valence-electron chi connectivity index (χ1n) is 7.75. The van der Waals surface area contributed by atoms with Gasteiger partial charge in [0.1, 0.15) is 0 Å². The Morgan fingerprint density at radius 3 is 2.71 bits per heavy atom. The van der Waals surface area contributed by atoms with Gasteiger partial charge in [0.15, 0.2) is 15.8 Å². The van der Waals surface area contributed by atoms with Crippen LogP contribution < -0.4 is 5.32 Å². The number of hydrogen-bond acceptors (Lipinski definition) is 4. The number of guanidine groups is 1. The fourth-order valence-electron chi connectivity index (χ4n) is 2.13. The van der Waals surface area contributed by atoms with Crippen LogP contribution in [-0.2, 0) is 9.84 Å². The average molecular weight is 336 g/mol. The topological polar surface area (TPSA) is 61.8 Å². The van der Waals surface area contributed by atoms with Crippen LogP contribution in [0.1, 0.15) is 27.7 Å². The molecule has 1 aliphatic rings. The first kappa shape index (κ1) is 18.6. The largest absolute Gasteiger partial charge is 0.357 e. The Hall–Kier alpha value is -0.430. The van der Waals surface area contributed by atoms with E-state index in [0.717, 1.165) is 31.3 Å². The van der Waals surface area contributed by atoms with Crippen LogP contribution in [0.2, 0.25) is 0 Å². The highest BCUT2D eigenvalue weighted by Crippen LogP contribution is 2.24. The van der Waals surface area contributed by atoms with Gasteiger partial charge in [-0.2, -0.15) is 11.8 Å². The van der Waals surface area contributed by atoms with Gasteiger partial charge in [-0.25, -0.2) is 8.42 Å². The van der Waals surface area contributed by atoms with E-state index in [1.807, 2.05) is 18.7 Å². The van der Waals surface area contributed by atoms with Crippen molar-refractivity contribution in [3.05, 3.63) is 0 Å². The van der Waals surface area contributed by atoms with Crippen LogP contribution in [0.3, 0.4) is 0 Å². The van der Waals surface area contributed by atoms with Crippen LogP contribution in [0, 0.1) is 5.92 Å². The molecule has 0 bridgehead atoms. The molecule has 0 saturated carbocycles. The molecular weight excluding hydrogens is 306 g/mol. The minimum absolute atomic E-state index is 0.134. The van der Waals surface area contributed by atoms with Gasteiger partial charge < -0.3 is 10.2 Å². The Morgan fingerprint density at radius 1 is 1.43 bits per heavy atom. The molecule has 1 unspecified atom stereocenters. The normalized spacial score (nSPS) is 20.9. The zero-order chi connectivity index (χ0) is 15.9. The summed E-state index contributed by atoms with van der Waals surface area (Å²) in [5.41, 5.74) is 0.